The molecule has 0 aliphatic rings. The van der Waals surface area contributed by atoms with Gasteiger partial charge in [0.1, 0.15) is 0 Å². The van der Waals surface area contributed by atoms with Gasteiger partial charge in [0, 0.05) is 17.1 Å². The second kappa shape index (κ2) is 4.49. The van der Waals surface area contributed by atoms with E-state index in [-0.39, 0.29) is 5.56 Å². The molecule has 92 valence electrons. The zero-order valence-electron chi connectivity index (χ0n) is 9.95. The van der Waals surface area contributed by atoms with Crippen LogP contribution in [-0.4, -0.2) is 21.0 Å². The van der Waals surface area contributed by atoms with Crippen LogP contribution in [0.25, 0.3) is 22.3 Å². The highest BCUT2D eigenvalue weighted by Gasteiger charge is 2.05. The number of nitrogens with zero attached hydrogens (tertiary/aromatic N) is 2. The van der Waals surface area contributed by atoms with E-state index in [0.717, 1.165) is 16.6 Å². The average Bonchev–Trinajstić information content (AvgIpc) is 2.47. The number of rotatable bonds is 2. The molecule has 2 heterocycles. The van der Waals surface area contributed by atoms with Crippen molar-refractivity contribution in [1.29, 1.82) is 0 Å². The SMILES string of the molecule is O=C(O)c1ccc(-c2ccc3cccnc3n2)cc1. The molecule has 4 heteroatoms. The van der Waals surface area contributed by atoms with Gasteiger partial charge in [0.2, 0.25) is 0 Å². The Labute approximate surface area is 109 Å². The maximum absolute atomic E-state index is 10.8. The highest BCUT2D eigenvalue weighted by Crippen LogP contribution is 2.20. The van der Waals surface area contributed by atoms with Crippen molar-refractivity contribution in [3.63, 3.8) is 0 Å². The lowest BCUT2D eigenvalue weighted by Gasteiger charge is -2.03. The summed E-state index contributed by atoms with van der Waals surface area (Å²) in [6.45, 7) is 0. The molecule has 0 aliphatic heterocycles. The fourth-order valence-corrected chi connectivity index (χ4v) is 1.90. The lowest BCUT2D eigenvalue weighted by Crippen LogP contribution is -1.95. The zero-order chi connectivity index (χ0) is 13.2. The molecule has 0 aliphatic carbocycles. The van der Waals surface area contributed by atoms with Gasteiger partial charge in [0.25, 0.3) is 0 Å². The van der Waals surface area contributed by atoms with Crippen LogP contribution in [0.2, 0.25) is 0 Å². The molecule has 0 saturated heterocycles. The number of carboxylic acid groups (broad SMARTS) is 1. The Kier molecular flexibility index (Phi) is 2.68. The molecule has 3 rings (SSSR count). The van der Waals surface area contributed by atoms with Gasteiger partial charge >= 0.3 is 5.97 Å². The Morgan fingerprint density at radius 2 is 1.79 bits per heavy atom. The van der Waals surface area contributed by atoms with E-state index in [2.05, 4.69) is 9.97 Å². The minimum atomic E-state index is -0.931. The summed E-state index contributed by atoms with van der Waals surface area (Å²) in [5.74, 6) is -0.931. The van der Waals surface area contributed by atoms with Gasteiger partial charge in [0.05, 0.1) is 11.3 Å². The van der Waals surface area contributed by atoms with Crippen LogP contribution in [0.1, 0.15) is 10.4 Å². The van der Waals surface area contributed by atoms with Crippen molar-refractivity contribution in [2.75, 3.05) is 0 Å². The van der Waals surface area contributed by atoms with E-state index in [1.807, 2.05) is 24.3 Å². The molecule has 4 nitrogen and oxygen atoms in total. The molecule has 0 saturated carbocycles. The Bertz CT molecular complexity index is 751. The number of fused-ring (bicyclic) bond motifs is 1. The van der Waals surface area contributed by atoms with Crippen molar-refractivity contribution < 1.29 is 9.90 Å². The number of hydrogen-bond acceptors (Lipinski definition) is 3. The Morgan fingerprint density at radius 1 is 1.00 bits per heavy atom. The summed E-state index contributed by atoms with van der Waals surface area (Å²) in [7, 11) is 0. The summed E-state index contributed by atoms with van der Waals surface area (Å²) >= 11 is 0. The van der Waals surface area contributed by atoms with Crippen LogP contribution in [0.4, 0.5) is 0 Å². The summed E-state index contributed by atoms with van der Waals surface area (Å²) in [5.41, 5.74) is 2.60. The molecule has 2 aromatic heterocycles. The number of benzene rings is 1. The summed E-state index contributed by atoms with van der Waals surface area (Å²) in [6.07, 6.45) is 1.70. The van der Waals surface area contributed by atoms with E-state index in [1.165, 1.54) is 0 Å². The fourth-order valence-electron chi connectivity index (χ4n) is 1.90. The number of carboxylic acids is 1. The van der Waals surface area contributed by atoms with Crippen molar-refractivity contribution >= 4 is 17.0 Å². The van der Waals surface area contributed by atoms with Gasteiger partial charge in [-0.3, -0.25) is 0 Å². The van der Waals surface area contributed by atoms with Gasteiger partial charge in [-0.15, -0.1) is 0 Å². The second-order valence-corrected chi connectivity index (χ2v) is 4.13. The van der Waals surface area contributed by atoms with Gasteiger partial charge in [-0.1, -0.05) is 12.1 Å². The standard InChI is InChI=1S/C15H10N2O2/c18-15(19)12-5-3-10(4-6-12)13-8-7-11-2-1-9-16-14(11)17-13/h1-9H,(H,18,19). The van der Waals surface area contributed by atoms with Crippen LogP contribution in [0.5, 0.6) is 0 Å². The third-order valence-electron chi connectivity index (χ3n) is 2.89. The molecule has 0 fully saturated rings. The minimum Gasteiger partial charge on any atom is -0.478 e. The van der Waals surface area contributed by atoms with E-state index in [9.17, 15) is 4.79 Å². The van der Waals surface area contributed by atoms with E-state index >= 15 is 0 Å². The van der Waals surface area contributed by atoms with Gasteiger partial charge < -0.3 is 5.11 Å². The van der Waals surface area contributed by atoms with Gasteiger partial charge in [0.15, 0.2) is 5.65 Å². The summed E-state index contributed by atoms with van der Waals surface area (Å²) < 4.78 is 0. The first-order chi connectivity index (χ1) is 9.24. The molecule has 3 aromatic rings. The van der Waals surface area contributed by atoms with Crippen LogP contribution in [-0.2, 0) is 0 Å². The van der Waals surface area contributed by atoms with Crippen LogP contribution in [0.3, 0.4) is 0 Å². The molecule has 1 aromatic carbocycles. The first-order valence-electron chi connectivity index (χ1n) is 5.79. The van der Waals surface area contributed by atoms with Gasteiger partial charge in [-0.25, -0.2) is 14.8 Å². The summed E-state index contributed by atoms with van der Waals surface area (Å²) in [6, 6.07) is 14.3. The lowest BCUT2D eigenvalue weighted by atomic mass is 10.1. The van der Waals surface area contributed by atoms with Crippen LogP contribution in [0.15, 0.2) is 54.7 Å². The Morgan fingerprint density at radius 3 is 2.53 bits per heavy atom. The van der Waals surface area contributed by atoms with Crippen molar-refractivity contribution in [3.8, 4) is 11.3 Å². The van der Waals surface area contributed by atoms with Crippen molar-refractivity contribution in [2.24, 2.45) is 0 Å². The second-order valence-electron chi connectivity index (χ2n) is 4.13. The average molecular weight is 250 g/mol. The highest BCUT2D eigenvalue weighted by molar-refractivity contribution is 5.88. The molecule has 1 N–H and O–H groups in total. The van der Waals surface area contributed by atoms with E-state index in [4.69, 9.17) is 5.11 Å². The molecule has 0 unspecified atom stereocenters. The Hall–Kier alpha value is -2.75. The first kappa shape index (κ1) is 11.3. The first-order valence-corrected chi connectivity index (χ1v) is 5.79. The number of aromatic carboxylic acids is 1. The predicted octanol–water partition coefficient (Wildman–Crippen LogP) is 3.00. The maximum atomic E-state index is 10.8. The van der Waals surface area contributed by atoms with Crippen molar-refractivity contribution in [2.45, 2.75) is 0 Å². The molecule has 0 bridgehead atoms. The van der Waals surface area contributed by atoms with Gasteiger partial charge in [-0.2, -0.15) is 0 Å². The monoisotopic (exact) mass is 250 g/mol. The number of carbonyl (C=O) groups is 1. The summed E-state index contributed by atoms with van der Waals surface area (Å²) in [4.78, 5) is 19.5. The van der Waals surface area contributed by atoms with E-state index in [0.29, 0.717) is 5.65 Å². The molecule has 19 heavy (non-hydrogen) atoms. The van der Waals surface area contributed by atoms with E-state index < -0.39 is 5.97 Å². The minimum absolute atomic E-state index is 0.266. The molecule has 0 spiro atoms. The normalized spacial score (nSPS) is 10.5. The molecule has 0 amide bonds. The number of hydrogen-bond donors (Lipinski definition) is 1. The molecular weight excluding hydrogens is 240 g/mol. The molecular formula is C15H10N2O2. The predicted molar refractivity (Wildman–Crippen MR) is 71.9 cm³/mol. The third-order valence-corrected chi connectivity index (χ3v) is 2.89. The Balaban J connectivity index is 2.06. The van der Waals surface area contributed by atoms with Crippen molar-refractivity contribution in [3.05, 3.63) is 60.3 Å². The largest absolute Gasteiger partial charge is 0.478 e. The zero-order valence-corrected chi connectivity index (χ0v) is 9.95. The van der Waals surface area contributed by atoms with Crippen LogP contribution >= 0.6 is 0 Å². The quantitative estimate of drug-likeness (QED) is 0.759. The maximum Gasteiger partial charge on any atom is 0.335 e. The molecule has 0 radical (unpaired) electrons. The lowest BCUT2D eigenvalue weighted by molar-refractivity contribution is 0.0697. The third kappa shape index (κ3) is 2.15. The molecule has 0 atom stereocenters. The summed E-state index contributed by atoms with van der Waals surface area (Å²) in [5, 5.41) is 9.84. The fraction of sp³-hybridized carbons (Fsp3) is 0. The van der Waals surface area contributed by atoms with Crippen LogP contribution < -0.4 is 0 Å². The number of pyridine rings is 2. The highest BCUT2D eigenvalue weighted by atomic mass is 16.4. The van der Waals surface area contributed by atoms with E-state index in [1.54, 1.807) is 30.5 Å². The van der Waals surface area contributed by atoms with Crippen LogP contribution in [0, 0.1) is 0 Å². The smallest absolute Gasteiger partial charge is 0.335 e. The topological polar surface area (TPSA) is 63.1 Å². The van der Waals surface area contributed by atoms with Gasteiger partial charge in [-0.05, 0) is 36.4 Å². The number of aromatic nitrogens is 2. The van der Waals surface area contributed by atoms with Crippen molar-refractivity contribution in [1.82, 2.24) is 9.97 Å².